The van der Waals surface area contributed by atoms with Crippen LogP contribution in [-0.2, 0) is 0 Å². The molecule has 138 valence electrons. The minimum atomic E-state index is -0.571. The fourth-order valence-corrected chi connectivity index (χ4v) is 2.64. The van der Waals surface area contributed by atoms with Crippen LogP contribution >= 0.6 is 0 Å². The topological polar surface area (TPSA) is 60.7 Å². The van der Waals surface area contributed by atoms with E-state index in [9.17, 15) is 15.3 Å². The van der Waals surface area contributed by atoms with Crippen molar-refractivity contribution in [3.05, 3.63) is 65.2 Å². The highest BCUT2D eigenvalue weighted by atomic mass is 16.3. The van der Waals surface area contributed by atoms with Crippen molar-refractivity contribution in [1.29, 1.82) is 0 Å². The third kappa shape index (κ3) is 7.16. The van der Waals surface area contributed by atoms with Gasteiger partial charge in [0.2, 0.25) is 0 Å². The van der Waals surface area contributed by atoms with E-state index in [0.29, 0.717) is 0 Å². The molecule has 0 unspecified atom stereocenters. The monoisotopic (exact) mass is 352 g/mol. The van der Waals surface area contributed by atoms with Crippen LogP contribution in [0.5, 0.6) is 11.5 Å². The van der Waals surface area contributed by atoms with Gasteiger partial charge in [-0.05, 0) is 68.0 Å². The van der Waals surface area contributed by atoms with Crippen molar-refractivity contribution >= 4 is 18.2 Å². The summed E-state index contributed by atoms with van der Waals surface area (Å²) in [7, 11) is 0. The number of hydrogen-bond acceptors (Lipinski definition) is 3. The molecule has 0 heterocycles. The van der Waals surface area contributed by atoms with Crippen LogP contribution in [0.15, 0.2) is 48.5 Å². The molecule has 0 spiro atoms. The fraction of sp³-hybridized carbons (Fsp3) is 0.304. The van der Waals surface area contributed by atoms with Crippen molar-refractivity contribution in [3.8, 4) is 11.5 Å². The van der Waals surface area contributed by atoms with Gasteiger partial charge < -0.3 is 15.3 Å². The van der Waals surface area contributed by atoms with E-state index in [4.69, 9.17) is 0 Å². The first-order chi connectivity index (χ1) is 12.3. The highest BCUT2D eigenvalue weighted by Crippen LogP contribution is 2.25. The average molecular weight is 352 g/mol. The summed E-state index contributed by atoms with van der Waals surface area (Å²) >= 11 is 0. The summed E-state index contributed by atoms with van der Waals surface area (Å²) in [4.78, 5) is 0. The SMILES string of the molecule is CC(C)(O)CCCC/C=C/c1cccc(/C=C/c2ccc(O)c(O)c2)c1. The van der Waals surface area contributed by atoms with E-state index in [1.165, 1.54) is 12.1 Å². The van der Waals surface area contributed by atoms with E-state index in [1.807, 2.05) is 38.1 Å². The molecule has 0 aliphatic rings. The number of rotatable bonds is 8. The first-order valence-electron chi connectivity index (χ1n) is 9.02. The second kappa shape index (κ2) is 9.25. The maximum absolute atomic E-state index is 9.69. The molecule has 0 fully saturated rings. The van der Waals surface area contributed by atoms with Crippen LogP contribution in [0, 0.1) is 0 Å². The van der Waals surface area contributed by atoms with Gasteiger partial charge in [-0.2, -0.15) is 0 Å². The number of phenols is 2. The molecule has 0 saturated heterocycles. The van der Waals surface area contributed by atoms with Crippen molar-refractivity contribution in [2.45, 2.75) is 45.1 Å². The number of aromatic hydroxyl groups is 2. The Morgan fingerprint density at radius 1 is 0.808 bits per heavy atom. The Labute approximate surface area is 156 Å². The molecule has 2 aromatic rings. The average Bonchev–Trinajstić information content (AvgIpc) is 2.58. The molecule has 0 bridgehead atoms. The van der Waals surface area contributed by atoms with Crippen LogP contribution in [0.4, 0.5) is 0 Å². The normalized spacial score (nSPS) is 12.3. The zero-order valence-corrected chi connectivity index (χ0v) is 15.5. The summed E-state index contributed by atoms with van der Waals surface area (Å²) in [5.74, 6) is -0.231. The third-order valence-corrected chi connectivity index (χ3v) is 4.10. The Bertz CT molecular complexity index is 767. The maximum atomic E-state index is 9.69. The molecule has 3 heteroatoms. The van der Waals surface area contributed by atoms with Crippen LogP contribution in [0.3, 0.4) is 0 Å². The first kappa shape index (κ1) is 19.8. The molecule has 0 aliphatic heterocycles. The maximum Gasteiger partial charge on any atom is 0.157 e. The van der Waals surface area contributed by atoms with E-state index >= 15 is 0 Å². The Balaban J connectivity index is 1.89. The largest absolute Gasteiger partial charge is 0.504 e. The van der Waals surface area contributed by atoms with Crippen LogP contribution < -0.4 is 0 Å². The number of allylic oxidation sites excluding steroid dienone is 1. The summed E-state index contributed by atoms with van der Waals surface area (Å²) in [5.41, 5.74) is 2.47. The fourth-order valence-electron chi connectivity index (χ4n) is 2.64. The summed E-state index contributed by atoms with van der Waals surface area (Å²) in [5, 5.41) is 28.6. The predicted molar refractivity (Wildman–Crippen MR) is 109 cm³/mol. The second-order valence-corrected chi connectivity index (χ2v) is 7.21. The molecule has 0 radical (unpaired) electrons. The van der Waals surface area contributed by atoms with Crippen LogP contribution in [0.25, 0.3) is 18.2 Å². The molecule has 0 amide bonds. The Morgan fingerprint density at radius 2 is 1.46 bits per heavy atom. The van der Waals surface area contributed by atoms with Gasteiger partial charge in [0.25, 0.3) is 0 Å². The smallest absolute Gasteiger partial charge is 0.157 e. The van der Waals surface area contributed by atoms with Crippen molar-refractivity contribution in [2.24, 2.45) is 0 Å². The molecule has 0 aliphatic carbocycles. The number of unbranched alkanes of at least 4 members (excludes halogenated alkanes) is 2. The Kier molecular flexibility index (Phi) is 7.05. The summed E-state index contributed by atoms with van der Waals surface area (Å²) in [6.45, 7) is 3.70. The molecule has 0 saturated carbocycles. The Morgan fingerprint density at radius 3 is 2.12 bits per heavy atom. The van der Waals surface area contributed by atoms with Crippen LogP contribution in [-0.4, -0.2) is 20.9 Å². The Hall–Kier alpha value is -2.52. The predicted octanol–water partition coefficient (Wildman–Crippen LogP) is 5.61. The summed E-state index contributed by atoms with van der Waals surface area (Å²) in [6.07, 6.45) is 12.1. The molecular weight excluding hydrogens is 324 g/mol. The van der Waals surface area contributed by atoms with Crippen molar-refractivity contribution < 1.29 is 15.3 Å². The molecule has 2 rings (SSSR count). The zero-order chi connectivity index (χ0) is 19.0. The standard InChI is InChI=1S/C23H28O3/c1-23(2,26)15-6-4-3-5-8-18-9-7-10-19(16-18)11-12-20-13-14-21(24)22(25)17-20/h5,7-14,16-17,24-26H,3-4,6,15H2,1-2H3/b8-5+,12-11+. The van der Waals surface area contributed by atoms with Gasteiger partial charge in [-0.15, -0.1) is 0 Å². The van der Waals surface area contributed by atoms with Crippen molar-refractivity contribution in [3.63, 3.8) is 0 Å². The highest BCUT2D eigenvalue weighted by molar-refractivity contribution is 5.72. The van der Waals surface area contributed by atoms with Gasteiger partial charge >= 0.3 is 0 Å². The minimum Gasteiger partial charge on any atom is -0.504 e. The van der Waals surface area contributed by atoms with Crippen LogP contribution in [0.1, 0.15) is 56.2 Å². The van der Waals surface area contributed by atoms with Gasteiger partial charge in [0, 0.05) is 0 Å². The van der Waals surface area contributed by atoms with Crippen LogP contribution in [0.2, 0.25) is 0 Å². The molecule has 26 heavy (non-hydrogen) atoms. The van der Waals surface area contributed by atoms with E-state index in [0.717, 1.165) is 42.4 Å². The van der Waals surface area contributed by atoms with E-state index in [2.05, 4.69) is 24.3 Å². The zero-order valence-electron chi connectivity index (χ0n) is 15.5. The number of phenolic OH excluding ortho intramolecular Hbond substituents is 2. The lowest BCUT2D eigenvalue weighted by molar-refractivity contribution is 0.0683. The highest BCUT2D eigenvalue weighted by Gasteiger charge is 2.10. The molecule has 3 nitrogen and oxygen atoms in total. The van der Waals surface area contributed by atoms with Crippen molar-refractivity contribution in [2.75, 3.05) is 0 Å². The van der Waals surface area contributed by atoms with Gasteiger partial charge in [-0.3, -0.25) is 0 Å². The van der Waals surface area contributed by atoms with E-state index in [-0.39, 0.29) is 11.5 Å². The van der Waals surface area contributed by atoms with Gasteiger partial charge in [0.1, 0.15) is 0 Å². The second-order valence-electron chi connectivity index (χ2n) is 7.21. The summed E-state index contributed by atoms with van der Waals surface area (Å²) < 4.78 is 0. The number of aliphatic hydroxyl groups is 1. The van der Waals surface area contributed by atoms with E-state index in [1.54, 1.807) is 6.07 Å². The molecule has 0 atom stereocenters. The lowest BCUT2D eigenvalue weighted by Crippen LogP contribution is -2.17. The van der Waals surface area contributed by atoms with Gasteiger partial charge in [0.05, 0.1) is 5.60 Å². The molecular formula is C23H28O3. The first-order valence-corrected chi connectivity index (χ1v) is 9.02. The minimum absolute atomic E-state index is 0.114. The number of benzene rings is 2. The third-order valence-electron chi connectivity index (χ3n) is 4.10. The molecule has 2 aromatic carbocycles. The van der Waals surface area contributed by atoms with Gasteiger partial charge in [-0.25, -0.2) is 0 Å². The van der Waals surface area contributed by atoms with Crippen molar-refractivity contribution in [1.82, 2.24) is 0 Å². The lowest BCUT2D eigenvalue weighted by Gasteiger charge is -2.15. The summed E-state index contributed by atoms with van der Waals surface area (Å²) in [6, 6.07) is 13.0. The van der Waals surface area contributed by atoms with Gasteiger partial charge in [-0.1, -0.05) is 55.0 Å². The van der Waals surface area contributed by atoms with E-state index < -0.39 is 5.60 Å². The number of hydrogen-bond donors (Lipinski definition) is 3. The molecule has 0 aromatic heterocycles. The molecule has 3 N–H and O–H groups in total. The quantitative estimate of drug-likeness (QED) is 0.329. The lowest BCUT2D eigenvalue weighted by atomic mass is 10.0. The van der Waals surface area contributed by atoms with Gasteiger partial charge in [0.15, 0.2) is 11.5 Å².